The molecule has 0 unspecified atom stereocenters. The first-order chi connectivity index (χ1) is 13.7. The van der Waals surface area contributed by atoms with Crippen LogP contribution < -0.4 is 17.5 Å². The fraction of sp³-hybridized carbons (Fsp3) is 0.0400. The molecule has 0 saturated heterocycles. The van der Waals surface area contributed by atoms with E-state index in [1.807, 2.05) is 0 Å². The summed E-state index contributed by atoms with van der Waals surface area (Å²) in [4.78, 5) is 0. The molecule has 28 heavy (non-hydrogen) atoms. The van der Waals surface area contributed by atoms with E-state index in [0.717, 1.165) is 0 Å². The summed E-state index contributed by atoms with van der Waals surface area (Å²) in [6.07, 6.45) is 0. The van der Waals surface area contributed by atoms with Crippen LogP contribution in [0.4, 0.5) is 0 Å². The van der Waals surface area contributed by atoms with Crippen molar-refractivity contribution in [2.75, 3.05) is 0 Å². The maximum absolute atomic E-state index is 3.35. The predicted octanol–water partition coefficient (Wildman–Crippen LogP) is 4.03. The Bertz CT molecular complexity index is 922. The topological polar surface area (TPSA) is 0 Å². The van der Waals surface area contributed by atoms with Crippen LogP contribution in [0.2, 0.25) is 4.11 Å². The van der Waals surface area contributed by atoms with Crippen LogP contribution in [0.25, 0.3) is 0 Å². The Kier molecular flexibility index (Phi) is 6.13. The molecule has 0 amide bonds. The van der Waals surface area contributed by atoms with Gasteiger partial charge < -0.3 is 0 Å². The van der Waals surface area contributed by atoms with Gasteiger partial charge in [0.25, 0.3) is 0 Å². The molecule has 0 saturated carbocycles. The van der Waals surface area contributed by atoms with Gasteiger partial charge in [0.15, 0.2) is 0 Å². The standard InChI is InChI=1S/C25H22AsISe/c27-26(22-13-5-1-6-14-22,23-15-7-2-8-16-23,24-17-9-3-10-18-24)21-28-25-19-11-4-12-20-25/h1-20H,21H2. The van der Waals surface area contributed by atoms with Crippen molar-refractivity contribution >= 4 is 61.7 Å². The molecule has 0 fully saturated rings. The molecule has 4 aromatic rings. The molecule has 0 bridgehead atoms. The molecule has 4 aromatic carbocycles. The second-order valence-corrected chi connectivity index (χ2v) is 31.0. The predicted molar refractivity (Wildman–Crippen MR) is 135 cm³/mol. The van der Waals surface area contributed by atoms with Gasteiger partial charge in [-0.25, -0.2) is 0 Å². The van der Waals surface area contributed by atoms with Gasteiger partial charge in [-0.1, -0.05) is 0 Å². The molecule has 0 N–H and O–H groups in total. The van der Waals surface area contributed by atoms with Crippen molar-refractivity contribution in [3.63, 3.8) is 0 Å². The summed E-state index contributed by atoms with van der Waals surface area (Å²) in [5, 5.41) is 0. The van der Waals surface area contributed by atoms with Crippen LogP contribution in [0.15, 0.2) is 121 Å². The molecule has 0 nitrogen and oxygen atoms in total. The van der Waals surface area contributed by atoms with Crippen molar-refractivity contribution in [2.24, 2.45) is 0 Å². The van der Waals surface area contributed by atoms with Crippen LogP contribution in [0, 0.1) is 0 Å². The molecule has 3 heteroatoms. The molecular formula is C25H22AsISe. The van der Waals surface area contributed by atoms with Crippen LogP contribution in [0.1, 0.15) is 0 Å². The molecule has 0 aliphatic heterocycles. The summed E-state index contributed by atoms with van der Waals surface area (Å²) in [6, 6.07) is 44.8. The van der Waals surface area contributed by atoms with Crippen molar-refractivity contribution < 1.29 is 0 Å². The molecule has 0 aliphatic rings. The molecule has 0 aromatic heterocycles. The minimum atomic E-state index is -3.35. The fourth-order valence-electron chi connectivity index (χ4n) is 3.60. The van der Waals surface area contributed by atoms with Crippen LogP contribution in [0.5, 0.6) is 0 Å². The van der Waals surface area contributed by atoms with Gasteiger partial charge in [-0.3, -0.25) is 0 Å². The van der Waals surface area contributed by atoms with E-state index < -0.39 is 9.10 Å². The SMILES string of the molecule is I[As](C[Se]c1ccccc1)(c1ccccc1)(c1ccccc1)c1ccccc1. The fourth-order valence-corrected chi connectivity index (χ4v) is 30.9. The van der Waals surface area contributed by atoms with Crippen LogP contribution in [-0.4, -0.2) is 24.1 Å². The number of benzene rings is 4. The number of hydrogen-bond acceptors (Lipinski definition) is 0. The van der Waals surface area contributed by atoms with E-state index in [1.54, 1.807) is 0 Å². The quantitative estimate of drug-likeness (QED) is 0.231. The number of rotatable bonds is 6. The maximum atomic E-state index is 2.93. The average Bonchev–Trinajstić information content (AvgIpc) is 2.80. The second-order valence-electron chi connectivity index (χ2n) is 6.78. The molecular weight excluding hydrogens is 581 g/mol. The van der Waals surface area contributed by atoms with Gasteiger partial charge in [0.2, 0.25) is 0 Å². The normalized spacial score (nSPS) is 12.8. The zero-order valence-electron chi connectivity index (χ0n) is 15.5. The van der Waals surface area contributed by atoms with Gasteiger partial charge in [0.1, 0.15) is 0 Å². The van der Waals surface area contributed by atoms with Gasteiger partial charge in [0.05, 0.1) is 0 Å². The van der Waals surface area contributed by atoms with E-state index in [1.165, 1.54) is 21.6 Å². The van der Waals surface area contributed by atoms with Crippen LogP contribution in [-0.2, 0) is 0 Å². The summed E-state index contributed by atoms with van der Waals surface area (Å²) < 4.78 is 7.22. The van der Waals surface area contributed by atoms with Gasteiger partial charge >= 0.3 is 187 Å². The summed E-state index contributed by atoms with van der Waals surface area (Å²) in [7, 11) is -3.35. The first-order valence-electron chi connectivity index (χ1n) is 9.29. The van der Waals surface area contributed by atoms with Crippen molar-refractivity contribution in [1.82, 2.24) is 0 Å². The summed E-state index contributed by atoms with van der Waals surface area (Å²) in [5.41, 5.74) is 0. The Hall–Kier alpha value is -1.31. The third-order valence-electron chi connectivity index (χ3n) is 5.10. The monoisotopic (exact) mass is 604 g/mol. The van der Waals surface area contributed by atoms with Crippen LogP contribution >= 0.6 is 20.1 Å². The van der Waals surface area contributed by atoms with Crippen molar-refractivity contribution in [2.45, 2.75) is 4.11 Å². The molecule has 0 aliphatic carbocycles. The molecule has 4 rings (SSSR count). The molecule has 0 spiro atoms. The summed E-state index contributed by atoms with van der Waals surface area (Å²) in [6.45, 7) is 0. The third kappa shape index (κ3) is 3.64. The second kappa shape index (κ2) is 8.59. The Morgan fingerprint density at radius 1 is 0.500 bits per heavy atom. The Morgan fingerprint density at radius 3 is 1.18 bits per heavy atom. The number of halogens is 1. The summed E-state index contributed by atoms with van der Waals surface area (Å²) >= 11 is 3.33. The van der Waals surface area contributed by atoms with E-state index in [-0.39, 0.29) is 0 Å². The van der Waals surface area contributed by atoms with Crippen molar-refractivity contribution in [3.05, 3.63) is 121 Å². The Labute approximate surface area is 185 Å². The Balaban J connectivity index is 1.98. The van der Waals surface area contributed by atoms with Crippen LogP contribution in [0.3, 0.4) is 0 Å². The van der Waals surface area contributed by atoms with Crippen molar-refractivity contribution in [3.8, 4) is 0 Å². The Morgan fingerprint density at radius 2 is 0.821 bits per heavy atom. The average molecular weight is 603 g/mol. The third-order valence-corrected chi connectivity index (χ3v) is 39.2. The van der Waals surface area contributed by atoms with Gasteiger partial charge in [-0.2, -0.15) is 0 Å². The van der Waals surface area contributed by atoms with Gasteiger partial charge in [-0.05, 0) is 0 Å². The molecule has 0 radical (unpaired) electrons. The van der Waals surface area contributed by atoms with Gasteiger partial charge in [0, 0.05) is 0 Å². The van der Waals surface area contributed by atoms with E-state index in [4.69, 9.17) is 0 Å². The first kappa shape index (κ1) is 20.0. The first-order valence-corrected chi connectivity index (χ1v) is 21.2. The zero-order valence-corrected chi connectivity index (χ0v) is 21.2. The summed E-state index contributed by atoms with van der Waals surface area (Å²) in [5.74, 6) is 0. The zero-order chi connectivity index (χ0) is 19.3. The van der Waals surface area contributed by atoms with E-state index in [2.05, 4.69) is 141 Å². The van der Waals surface area contributed by atoms with E-state index in [9.17, 15) is 0 Å². The molecule has 0 heterocycles. The molecule has 140 valence electrons. The van der Waals surface area contributed by atoms with Gasteiger partial charge in [-0.15, -0.1) is 0 Å². The molecule has 0 atom stereocenters. The van der Waals surface area contributed by atoms with E-state index in [0.29, 0.717) is 15.0 Å². The van der Waals surface area contributed by atoms with Crippen molar-refractivity contribution in [1.29, 1.82) is 0 Å². The number of hydrogen-bond donors (Lipinski definition) is 0. The van der Waals surface area contributed by atoms with E-state index >= 15 is 0 Å². The minimum absolute atomic E-state index is 0.398.